The zero-order chi connectivity index (χ0) is 14.5. The second-order valence-electron chi connectivity index (χ2n) is 4.21. The summed E-state index contributed by atoms with van der Waals surface area (Å²) in [6, 6.07) is 12.8. The topological polar surface area (TPSA) is 57.1 Å². The molecule has 2 aromatic heterocycles. The van der Waals surface area contributed by atoms with Crippen LogP contribution in [-0.4, -0.2) is 22.1 Å². The SMILES string of the molecule is COc1ccccc1Oc1ccnc(-c2ccncc2)n1. The number of nitrogens with zero attached hydrogens (tertiary/aromatic N) is 3. The summed E-state index contributed by atoms with van der Waals surface area (Å²) < 4.78 is 11.0. The Bertz CT molecular complexity index is 732. The Morgan fingerprint density at radius 2 is 1.62 bits per heavy atom. The number of methoxy groups -OCH3 is 1. The van der Waals surface area contributed by atoms with Crippen LogP contribution in [0.3, 0.4) is 0 Å². The molecule has 21 heavy (non-hydrogen) atoms. The lowest BCUT2D eigenvalue weighted by molar-refractivity contribution is 0.374. The number of para-hydroxylation sites is 2. The lowest BCUT2D eigenvalue weighted by Gasteiger charge is -2.09. The van der Waals surface area contributed by atoms with E-state index < -0.39 is 0 Å². The number of benzene rings is 1. The third-order valence-electron chi connectivity index (χ3n) is 2.85. The molecule has 3 aromatic rings. The van der Waals surface area contributed by atoms with Crippen LogP contribution >= 0.6 is 0 Å². The van der Waals surface area contributed by atoms with Gasteiger partial charge in [0.2, 0.25) is 5.88 Å². The maximum absolute atomic E-state index is 5.77. The molecule has 104 valence electrons. The van der Waals surface area contributed by atoms with Crippen molar-refractivity contribution in [3.8, 4) is 28.8 Å². The summed E-state index contributed by atoms with van der Waals surface area (Å²) in [7, 11) is 1.60. The zero-order valence-corrected chi connectivity index (χ0v) is 11.4. The molecule has 2 heterocycles. The van der Waals surface area contributed by atoms with E-state index >= 15 is 0 Å². The highest BCUT2D eigenvalue weighted by molar-refractivity contribution is 5.54. The van der Waals surface area contributed by atoms with E-state index in [-0.39, 0.29) is 0 Å². The van der Waals surface area contributed by atoms with Gasteiger partial charge in [-0.25, -0.2) is 4.98 Å². The predicted molar refractivity (Wildman–Crippen MR) is 78.3 cm³/mol. The summed E-state index contributed by atoms with van der Waals surface area (Å²) in [4.78, 5) is 12.6. The van der Waals surface area contributed by atoms with Crippen molar-refractivity contribution in [3.63, 3.8) is 0 Å². The van der Waals surface area contributed by atoms with Crippen molar-refractivity contribution in [2.45, 2.75) is 0 Å². The van der Waals surface area contributed by atoms with E-state index in [0.717, 1.165) is 5.56 Å². The van der Waals surface area contributed by atoms with Crippen molar-refractivity contribution in [1.29, 1.82) is 0 Å². The van der Waals surface area contributed by atoms with Crippen molar-refractivity contribution >= 4 is 0 Å². The molecule has 5 heteroatoms. The number of hydrogen-bond acceptors (Lipinski definition) is 5. The lowest BCUT2D eigenvalue weighted by Crippen LogP contribution is -1.94. The molecule has 5 nitrogen and oxygen atoms in total. The number of pyridine rings is 1. The van der Waals surface area contributed by atoms with Gasteiger partial charge in [0, 0.05) is 30.2 Å². The summed E-state index contributed by atoms with van der Waals surface area (Å²) in [5.74, 6) is 2.31. The Morgan fingerprint density at radius 1 is 0.857 bits per heavy atom. The minimum atomic E-state index is 0.460. The molecule has 0 unspecified atom stereocenters. The highest BCUT2D eigenvalue weighted by Crippen LogP contribution is 2.30. The smallest absolute Gasteiger partial charge is 0.223 e. The van der Waals surface area contributed by atoms with Gasteiger partial charge in [-0.05, 0) is 24.3 Å². The molecule has 0 saturated heterocycles. The Balaban J connectivity index is 1.90. The van der Waals surface area contributed by atoms with Gasteiger partial charge in [-0.1, -0.05) is 12.1 Å². The van der Waals surface area contributed by atoms with Crippen LogP contribution in [-0.2, 0) is 0 Å². The van der Waals surface area contributed by atoms with Gasteiger partial charge in [0.25, 0.3) is 0 Å². The predicted octanol–water partition coefficient (Wildman–Crippen LogP) is 3.34. The van der Waals surface area contributed by atoms with Gasteiger partial charge in [0.05, 0.1) is 7.11 Å². The average molecular weight is 279 g/mol. The van der Waals surface area contributed by atoms with Crippen LogP contribution in [0.4, 0.5) is 0 Å². The summed E-state index contributed by atoms with van der Waals surface area (Å²) in [5, 5.41) is 0. The first-order valence-corrected chi connectivity index (χ1v) is 6.41. The Labute approximate surface area is 122 Å². The molecular weight excluding hydrogens is 266 g/mol. The van der Waals surface area contributed by atoms with Gasteiger partial charge in [-0.15, -0.1) is 0 Å². The fourth-order valence-corrected chi connectivity index (χ4v) is 1.85. The van der Waals surface area contributed by atoms with Gasteiger partial charge in [-0.2, -0.15) is 4.98 Å². The van der Waals surface area contributed by atoms with E-state index in [0.29, 0.717) is 23.2 Å². The number of rotatable bonds is 4. The number of ether oxygens (including phenoxy) is 2. The van der Waals surface area contributed by atoms with E-state index in [1.54, 1.807) is 31.8 Å². The quantitative estimate of drug-likeness (QED) is 0.733. The Kier molecular flexibility index (Phi) is 3.73. The molecule has 0 aliphatic carbocycles. The molecule has 0 aliphatic rings. The van der Waals surface area contributed by atoms with Gasteiger partial charge in [0.1, 0.15) is 0 Å². The molecule has 0 bridgehead atoms. The first-order chi connectivity index (χ1) is 10.4. The minimum absolute atomic E-state index is 0.460. The minimum Gasteiger partial charge on any atom is -0.493 e. The van der Waals surface area contributed by atoms with E-state index in [1.807, 2.05) is 36.4 Å². The van der Waals surface area contributed by atoms with Crippen LogP contribution in [0.2, 0.25) is 0 Å². The van der Waals surface area contributed by atoms with Crippen LogP contribution in [0, 0.1) is 0 Å². The standard InChI is InChI=1S/C16H13N3O2/c1-20-13-4-2-3-5-14(13)21-15-8-11-18-16(19-15)12-6-9-17-10-7-12/h2-11H,1H3. The highest BCUT2D eigenvalue weighted by atomic mass is 16.5. The third-order valence-corrected chi connectivity index (χ3v) is 2.85. The van der Waals surface area contributed by atoms with Gasteiger partial charge in [-0.3, -0.25) is 4.98 Å². The first kappa shape index (κ1) is 13.1. The molecule has 0 atom stereocenters. The van der Waals surface area contributed by atoms with Gasteiger partial charge in [0.15, 0.2) is 17.3 Å². The summed E-state index contributed by atoms with van der Waals surface area (Å²) in [5.41, 5.74) is 0.885. The molecule has 0 fully saturated rings. The largest absolute Gasteiger partial charge is 0.493 e. The van der Waals surface area contributed by atoms with Crippen LogP contribution in [0.1, 0.15) is 0 Å². The summed E-state index contributed by atoms with van der Waals surface area (Å²) in [6.45, 7) is 0. The molecule has 0 amide bonds. The van der Waals surface area contributed by atoms with Crippen molar-refractivity contribution < 1.29 is 9.47 Å². The van der Waals surface area contributed by atoms with E-state index in [2.05, 4.69) is 15.0 Å². The lowest BCUT2D eigenvalue weighted by atomic mass is 10.2. The van der Waals surface area contributed by atoms with Crippen LogP contribution < -0.4 is 9.47 Å². The second-order valence-corrected chi connectivity index (χ2v) is 4.21. The fraction of sp³-hybridized carbons (Fsp3) is 0.0625. The maximum Gasteiger partial charge on any atom is 0.223 e. The average Bonchev–Trinajstić information content (AvgIpc) is 2.56. The first-order valence-electron chi connectivity index (χ1n) is 6.41. The maximum atomic E-state index is 5.77. The summed E-state index contributed by atoms with van der Waals surface area (Å²) in [6.07, 6.45) is 5.06. The monoisotopic (exact) mass is 279 g/mol. The molecule has 1 aromatic carbocycles. The second kappa shape index (κ2) is 6.00. The third kappa shape index (κ3) is 2.97. The normalized spacial score (nSPS) is 10.1. The Morgan fingerprint density at radius 3 is 2.38 bits per heavy atom. The van der Waals surface area contributed by atoms with Crippen molar-refractivity contribution in [1.82, 2.24) is 15.0 Å². The van der Waals surface area contributed by atoms with Gasteiger partial charge >= 0.3 is 0 Å². The molecule has 0 saturated carbocycles. The molecule has 0 N–H and O–H groups in total. The fourth-order valence-electron chi connectivity index (χ4n) is 1.85. The zero-order valence-electron chi connectivity index (χ0n) is 11.4. The highest BCUT2D eigenvalue weighted by Gasteiger charge is 2.07. The molecule has 0 spiro atoms. The van der Waals surface area contributed by atoms with Gasteiger partial charge < -0.3 is 9.47 Å². The molecule has 3 rings (SSSR count). The van der Waals surface area contributed by atoms with Crippen LogP contribution in [0.5, 0.6) is 17.4 Å². The van der Waals surface area contributed by atoms with Crippen LogP contribution in [0.15, 0.2) is 61.1 Å². The summed E-state index contributed by atoms with van der Waals surface area (Å²) >= 11 is 0. The molecule has 0 radical (unpaired) electrons. The molecular formula is C16H13N3O2. The number of aromatic nitrogens is 3. The van der Waals surface area contributed by atoms with Crippen molar-refractivity contribution in [3.05, 3.63) is 61.1 Å². The van der Waals surface area contributed by atoms with E-state index in [1.165, 1.54) is 0 Å². The Hall–Kier alpha value is -2.95. The van der Waals surface area contributed by atoms with Crippen molar-refractivity contribution in [2.75, 3.05) is 7.11 Å². The molecule has 0 aliphatic heterocycles. The van der Waals surface area contributed by atoms with Crippen LogP contribution in [0.25, 0.3) is 11.4 Å². The number of hydrogen-bond donors (Lipinski definition) is 0. The van der Waals surface area contributed by atoms with E-state index in [4.69, 9.17) is 9.47 Å². The van der Waals surface area contributed by atoms with E-state index in [9.17, 15) is 0 Å². The van der Waals surface area contributed by atoms with Crippen molar-refractivity contribution in [2.24, 2.45) is 0 Å².